The van der Waals surface area contributed by atoms with Crippen LogP contribution >= 0.6 is 0 Å². The zero-order chi connectivity index (χ0) is 38.2. The van der Waals surface area contributed by atoms with Crippen molar-refractivity contribution in [1.82, 2.24) is 30.4 Å². The van der Waals surface area contributed by atoms with Crippen LogP contribution in [0.5, 0.6) is 0 Å². The molecule has 7 aliphatic heterocycles. The van der Waals surface area contributed by atoms with Gasteiger partial charge in [-0.2, -0.15) is 0 Å². The molecular formula is C46H54N6O4. The first kappa shape index (κ1) is 36.5. The van der Waals surface area contributed by atoms with Gasteiger partial charge in [-0.15, -0.1) is 0 Å². The van der Waals surface area contributed by atoms with E-state index in [1.165, 1.54) is 38.5 Å². The quantitative estimate of drug-likeness (QED) is 0.138. The van der Waals surface area contributed by atoms with E-state index in [4.69, 9.17) is 0 Å². The molecule has 10 heteroatoms. The lowest BCUT2D eigenvalue weighted by atomic mass is 9.78. The van der Waals surface area contributed by atoms with Gasteiger partial charge in [0.25, 0.3) is 23.6 Å². The van der Waals surface area contributed by atoms with Crippen molar-refractivity contribution in [1.29, 1.82) is 0 Å². The second kappa shape index (κ2) is 15.8. The van der Waals surface area contributed by atoms with Gasteiger partial charge in [-0.05, 0) is 75.3 Å². The van der Waals surface area contributed by atoms with E-state index in [2.05, 4.69) is 54.7 Å². The molecule has 0 saturated carbocycles. The van der Waals surface area contributed by atoms with Crippen molar-refractivity contribution < 1.29 is 19.2 Å². The van der Waals surface area contributed by atoms with E-state index in [1.54, 1.807) is 0 Å². The zero-order valence-corrected chi connectivity index (χ0v) is 32.4. The maximum absolute atomic E-state index is 13.6. The lowest BCUT2D eigenvalue weighted by molar-refractivity contribution is -0.126. The van der Waals surface area contributed by atoms with Gasteiger partial charge in [0.05, 0.1) is 11.1 Å². The van der Waals surface area contributed by atoms with E-state index >= 15 is 0 Å². The molecule has 4 bridgehead atoms. The number of amides is 4. The number of fused-ring (bicyclic) bond motifs is 4. The molecule has 0 aliphatic carbocycles. The number of H-pyrrole nitrogens is 2. The number of aromatic amines is 2. The third kappa shape index (κ3) is 6.85. The largest absolute Gasteiger partial charge is 0.366 e. The Labute approximate surface area is 328 Å². The third-order valence-corrected chi connectivity index (χ3v) is 13.4. The number of rotatable bonds is 0. The Bertz CT molecular complexity index is 2080. The highest BCUT2D eigenvalue weighted by atomic mass is 16.2. The number of nitrogens with one attached hydrogen (secondary N) is 4. The van der Waals surface area contributed by atoms with Crippen molar-refractivity contribution in [3.05, 3.63) is 82.4 Å². The molecule has 2 aromatic carbocycles. The van der Waals surface area contributed by atoms with Crippen LogP contribution in [0, 0.1) is 11.8 Å². The number of piperidine rings is 2. The molecule has 10 nitrogen and oxygen atoms in total. The monoisotopic (exact) mass is 754 g/mol. The Morgan fingerprint density at radius 3 is 1.20 bits per heavy atom. The van der Waals surface area contributed by atoms with E-state index in [0.29, 0.717) is 34.4 Å². The second-order valence-electron chi connectivity index (χ2n) is 16.7. The van der Waals surface area contributed by atoms with Gasteiger partial charge in [-0.1, -0.05) is 87.8 Å². The highest BCUT2D eigenvalue weighted by Crippen LogP contribution is 2.41. The number of carbonyl (C=O) groups excluding carboxylic acids is 4. The smallest absolute Gasteiger partial charge is 0.275 e. The predicted octanol–water partition coefficient (Wildman–Crippen LogP) is 7.51. The summed E-state index contributed by atoms with van der Waals surface area (Å²) in [6.07, 6.45) is 17.1. The van der Waals surface area contributed by atoms with Crippen LogP contribution < -0.4 is 10.6 Å². The first-order valence-electron chi connectivity index (χ1n) is 21.4. The normalized spacial score (nSPS) is 23.6. The number of aromatic nitrogens is 2. The fourth-order valence-corrected chi connectivity index (χ4v) is 10.5. The molecule has 4 N–H and O–H groups in total. The predicted molar refractivity (Wildman–Crippen MR) is 219 cm³/mol. The summed E-state index contributed by atoms with van der Waals surface area (Å²) in [5.74, 6) is -0.207. The first-order valence-corrected chi connectivity index (χ1v) is 21.4. The summed E-state index contributed by atoms with van der Waals surface area (Å²) in [4.78, 5) is 66.0. The number of carbonyl (C=O) groups is 4. The van der Waals surface area contributed by atoms with Gasteiger partial charge in [-0.3, -0.25) is 29.8 Å². The highest BCUT2D eigenvalue weighted by molar-refractivity contribution is 6.38. The second-order valence-corrected chi connectivity index (χ2v) is 16.7. The van der Waals surface area contributed by atoms with Crippen LogP contribution in [0.25, 0.3) is 33.0 Å². The first-order chi connectivity index (χ1) is 27.5. The Morgan fingerprint density at radius 2 is 0.804 bits per heavy atom. The van der Waals surface area contributed by atoms with Crippen molar-refractivity contribution in [2.24, 2.45) is 11.8 Å². The standard InChI is InChI=1S/C46H54N6O4/c53-43-39-37-31-15-11-13-17-33(31)47-35(37)19-9-7-5-3-1-2-4-6-8-10-20-36-38(32-16-12-14-18-34(32)48-36)40-42(46(56)50-44(40)54)52-27-23-30(24-28-52)29-21-25-51(26-22-29)41(39)45(55)49-43/h11-18,29-30,47-48H,1-10,19-28H2,(H,49,53,55)(H,50,54,56). The van der Waals surface area contributed by atoms with Crippen LogP contribution in [0.15, 0.2) is 59.9 Å². The number of nitrogens with zero attached hydrogens (tertiary/aromatic N) is 2. The lowest BCUT2D eigenvalue weighted by Crippen LogP contribution is -2.42. The molecule has 56 heavy (non-hydrogen) atoms. The van der Waals surface area contributed by atoms with Crippen LogP contribution in [0.4, 0.5) is 0 Å². The van der Waals surface area contributed by atoms with Crippen LogP contribution in [0.1, 0.15) is 112 Å². The van der Waals surface area contributed by atoms with Gasteiger partial charge in [0.2, 0.25) is 0 Å². The topological polar surface area (TPSA) is 130 Å². The minimum atomic E-state index is -0.298. The summed E-state index contributed by atoms with van der Waals surface area (Å²) in [7, 11) is 0. The fourth-order valence-electron chi connectivity index (χ4n) is 10.5. The molecule has 4 aromatic rings. The Morgan fingerprint density at radius 1 is 0.446 bits per heavy atom. The van der Waals surface area contributed by atoms with Crippen LogP contribution in [-0.4, -0.2) is 69.6 Å². The maximum atomic E-state index is 13.6. The van der Waals surface area contributed by atoms with Gasteiger partial charge in [-0.25, -0.2) is 0 Å². The minimum absolute atomic E-state index is 0.292. The van der Waals surface area contributed by atoms with Crippen molar-refractivity contribution in [2.75, 3.05) is 26.2 Å². The molecule has 0 spiro atoms. The fraction of sp³-hybridized carbons (Fsp3) is 0.478. The average molecular weight is 755 g/mol. The van der Waals surface area contributed by atoms with E-state index in [0.717, 1.165) is 135 Å². The molecule has 2 aromatic heterocycles. The van der Waals surface area contributed by atoms with Crippen molar-refractivity contribution in [2.45, 2.75) is 103 Å². The van der Waals surface area contributed by atoms with Gasteiger partial charge in [0.1, 0.15) is 11.4 Å². The molecule has 0 atom stereocenters. The summed E-state index contributed by atoms with van der Waals surface area (Å²) < 4.78 is 0. The van der Waals surface area contributed by atoms with Crippen molar-refractivity contribution in [3.8, 4) is 0 Å². The highest BCUT2D eigenvalue weighted by Gasteiger charge is 2.41. The SMILES string of the molecule is O=C1NC(=O)C2=C1c1c([nH]c3ccccc13)CCCCCCCCCCCCc1[nH]c3ccccc3c1C1=C(C(=O)NC1=O)N1CCC(CC1)C1CCN2CC1. The molecule has 9 heterocycles. The third-order valence-electron chi connectivity index (χ3n) is 13.4. The molecule has 2 fully saturated rings. The van der Waals surface area contributed by atoms with Gasteiger partial charge in [0.15, 0.2) is 0 Å². The van der Waals surface area contributed by atoms with Gasteiger partial charge < -0.3 is 19.8 Å². The summed E-state index contributed by atoms with van der Waals surface area (Å²) in [6, 6.07) is 16.3. The molecular weight excluding hydrogens is 701 g/mol. The van der Waals surface area contributed by atoms with Crippen LogP contribution in [0.3, 0.4) is 0 Å². The minimum Gasteiger partial charge on any atom is -0.366 e. The van der Waals surface area contributed by atoms with Crippen molar-refractivity contribution in [3.63, 3.8) is 0 Å². The average Bonchev–Trinajstić information content (AvgIpc) is 3.93. The van der Waals surface area contributed by atoms with Gasteiger partial charge >= 0.3 is 0 Å². The zero-order valence-electron chi connectivity index (χ0n) is 32.4. The molecule has 0 radical (unpaired) electrons. The van der Waals surface area contributed by atoms with E-state index in [-0.39, 0.29) is 23.6 Å². The number of hydrogen-bond acceptors (Lipinski definition) is 6. The van der Waals surface area contributed by atoms with Crippen LogP contribution in [0.2, 0.25) is 0 Å². The van der Waals surface area contributed by atoms with E-state index in [1.807, 2.05) is 24.3 Å². The molecule has 11 rings (SSSR count). The lowest BCUT2D eigenvalue weighted by Gasteiger charge is -2.41. The summed E-state index contributed by atoms with van der Waals surface area (Å²) in [5, 5.41) is 7.33. The van der Waals surface area contributed by atoms with Crippen LogP contribution in [-0.2, 0) is 32.0 Å². The number of benzene rings is 2. The molecule has 292 valence electrons. The maximum Gasteiger partial charge on any atom is 0.275 e. The summed E-state index contributed by atoms with van der Waals surface area (Å²) in [6.45, 7) is 2.88. The Kier molecular flexibility index (Phi) is 10.3. The molecule has 0 unspecified atom stereocenters. The number of hydrogen-bond donors (Lipinski definition) is 4. The Balaban J connectivity index is 0.998. The number of imide groups is 2. The number of para-hydroxylation sites is 2. The van der Waals surface area contributed by atoms with Crippen molar-refractivity contribution >= 4 is 56.6 Å². The number of aryl methyl sites for hydroxylation is 2. The summed E-state index contributed by atoms with van der Waals surface area (Å²) >= 11 is 0. The Hall–Kier alpha value is -5.12. The molecule has 4 amide bonds. The van der Waals surface area contributed by atoms with Gasteiger partial charge in [0, 0.05) is 70.5 Å². The molecule has 7 aliphatic rings. The van der Waals surface area contributed by atoms with E-state index < -0.39 is 0 Å². The molecule has 2 saturated heterocycles. The van der Waals surface area contributed by atoms with E-state index in [9.17, 15) is 19.2 Å². The summed E-state index contributed by atoms with van der Waals surface area (Å²) in [5.41, 5.74) is 7.98.